The molecule has 5 rings (SSSR count). The van der Waals surface area contributed by atoms with Crippen LogP contribution < -0.4 is 5.32 Å². The second-order valence-corrected chi connectivity index (χ2v) is 8.27. The van der Waals surface area contributed by atoms with E-state index in [1.807, 2.05) is 13.0 Å². The van der Waals surface area contributed by atoms with Crippen molar-refractivity contribution in [3.05, 3.63) is 59.0 Å². The van der Waals surface area contributed by atoms with Crippen molar-refractivity contribution in [2.45, 2.75) is 26.7 Å². The zero-order valence-electron chi connectivity index (χ0n) is 17.7. The minimum absolute atomic E-state index is 0.0560. The first kappa shape index (κ1) is 20.3. The molecule has 0 unspecified atom stereocenters. The Balaban J connectivity index is 1.59. The van der Waals surface area contributed by atoms with Gasteiger partial charge >= 0.3 is 0 Å². The Kier molecular flexibility index (Phi) is 4.98. The van der Waals surface area contributed by atoms with Crippen molar-refractivity contribution >= 4 is 17.2 Å². The fourth-order valence-corrected chi connectivity index (χ4v) is 3.84. The summed E-state index contributed by atoms with van der Waals surface area (Å²) >= 11 is 0. The average molecular weight is 433 g/mol. The van der Waals surface area contributed by atoms with E-state index >= 15 is 0 Å². The summed E-state index contributed by atoms with van der Waals surface area (Å²) < 4.78 is 34.4. The van der Waals surface area contributed by atoms with Gasteiger partial charge in [0.25, 0.3) is 0 Å². The Hall–Kier alpha value is -3.57. The van der Waals surface area contributed by atoms with Gasteiger partial charge in [-0.1, -0.05) is 12.0 Å². The number of H-pyrrole nitrogens is 1. The number of hydrogen-bond acceptors (Lipinski definition) is 5. The van der Waals surface area contributed by atoms with Gasteiger partial charge in [0, 0.05) is 24.2 Å². The Labute approximate surface area is 184 Å². The topological polar surface area (TPSA) is 75.2 Å². The second kappa shape index (κ2) is 7.84. The van der Waals surface area contributed by atoms with Gasteiger partial charge in [0.15, 0.2) is 0 Å². The molecule has 2 aliphatic rings. The molecule has 32 heavy (non-hydrogen) atoms. The maximum absolute atomic E-state index is 14.5. The molecule has 0 bridgehead atoms. The van der Waals surface area contributed by atoms with Crippen molar-refractivity contribution in [3.63, 3.8) is 0 Å². The lowest BCUT2D eigenvalue weighted by molar-refractivity contribution is 0.0487. The molecule has 3 aromatic rings. The predicted octanol–water partition coefficient (Wildman–Crippen LogP) is 4.73. The van der Waals surface area contributed by atoms with E-state index in [1.54, 1.807) is 6.20 Å². The summed E-state index contributed by atoms with van der Waals surface area (Å²) in [6.45, 7) is 5.35. The lowest BCUT2D eigenvalue weighted by Gasteiger charge is -2.28. The number of amidine groups is 1. The van der Waals surface area contributed by atoms with Crippen molar-refractivity contribution in [2.75, 3.05) is 18.5 Å². The summed E-state index contributed by atoms with van der Waals surface area (Å²) in [6, 6.07) is 5.55. The van der Waals surface area contributed by atoms with E-state index in [-0.39, 0.29) is 16.8 Å². The van der Waals surface area contributed by atoms with Crippen LogP contribution in [0.2, 0.25) is 0 Å². The summed E-state index contributed by atoms with van der Waals surface area (Å²) in [5.41, 5.74) is 3.25. The number of ether oxygens (including phenoxy) is 1. The third-order valence-corrected chi connectivity index (χ3v) is 5.84. The normalized spacial score (nSPS) is 16.6. The molecular formula is C24H21F2N5O. The maximum Gasteiger partial charge on any atom is 0.144 e. The van der Waals surface area contributed by atoms with Crippen molar-refractivity contribution < 1.29 is 13.5 Å². The van der Waals surface area contributed by atoms with Crippen LogP contribution in [0, 0.1) is 35.8 Å². The van der Waals surface area contributed by atoms with Crippen LogP contribution in [-0.2, 0) is 4.74 Å². The number of rotatable bonds is 1. The van der Waals surface area contributed by atoms with Gasteiger partial charge in [0.2, 0.25) is 0 Å². The molecule has 0 saturated carbocycles. The minimum atomic E-state index is -0.706. The van der Waals surface area contributed by atoms with E-state index < -0.39 is 11.6 Å². The van der Waals surface area contributed by atoms with Crippen LogP contribution in [-0.4, -0.2) is 34.2 Å². The highest BCUT2D eigenvalue weighted by Gasteiger charge is 2.26. The lowest BCUT2D eigenvalue weighted by atomic mass is 9.83. The maximum atomic E-state index is 14.5. The van der Waals surface area contributed by atoms with Crippen LogP contribution in [0.25, 0.3) is 11.3 Å². The summed E-state index contributed by atoms with van der Waals surface area (Å²) in [5.74, 6) is 5.17. The van der Waals surface area contributed by atoms with Gasteiger partial charge < -0.3 is 10.1 Å². The number of pyridine rings is 1. The molecule has 162 valence electrons. The summed E-state index contributed by atoms with van der Waals surface area (Å²) in [4.78, 5) is 8.97. The highest BCUT2D eigenvalue weighted by molar-refractivity contribution is 6.13. The first-order chi connectivity index (χ1) is 15.4. The van der Waals surface area contributed by atoms with E-state index in [0.717, 1.165) is 12.8 Å². The Morgan fingerprint density at radius 3 is 2.66 bits per heavy atom. The highest BCUT2D eigenvalue weighted by atomic mass is 19.1. The van der Waals surface area contributed by atoms with E-state index in [0.29, 0.717) is 47.2 Å². The van der Waals surface area contributed by atoms with Gasteiger partial charge in [0.1, 0.15) is 34.5 Å². The fourth-order valence-electron chi connectivity index (χ4n) is 3.84. The van der Waals surface area contributed by atoms with Crippen LogP contribution in [0.4, 0.5) is 20.2 Å². The molecule has 8 heteroatoms. The molecule has 0 aliphatic carbocycles. The molecule has 1 saturated heterocycles. The third kappa shape index (κ3) is 3.65. The second-order valence-electron chi connectivity index (χ2n) is 8.27. The zero-order chi connectivity index (χ0) is 22.3. The van der Waals surface area contributed by atoms with Crippen LogP contribution in [0.3, 0.4) is 0 Å². The quantitative estimate of drug-likeness (QED) is 0.544. The molecule has 0 spiro atoms. The average Bonchev–Trinajstić information content (AvgIpc) is 3.05. The van der Waals surface area contributed by atoms with Gasteiger partial charge in [-0.3, -0.25) is 5.10 Å². The molecule has 0 amide bonds. The molecule has 1 aromatic carbocycles. The molecule has 4 heterocycles. The van der Waals surface area contributed by atoms with Gasteiger partial charge in [-0.2, -0.15) is 5.10 Å². The molecule has 1 fully saturated rings. The molecule has 2 aromatic heterocycles. The largest absolute Gasteiger partial charge is 0.381 e. The van der Waals surface area contributed by atoms with E-state index in [9.17, 15) is 8.78 Å². The lowest BCUT2D eigenvalue weighted by Crippen LogP contribution is -2.24. The molecular weight excluding hydrogens is 412 g/mol. The van der Waals surface area contributed by atoms with Crippen molar-refractivity contribution in [3.8, 4) is 23.1 Å². The summed E-state index contributed by atoms with van der Waals surface area (Å²) in [5, 5.41) is 10.3. The van der Waals surface area contributed by atoms with E-state index in [2.05, 4.69) is 44.3 Å². The third-order valence-electron chi connectivity index (χ3n) is 5.84. The van der Waals surface area contributed by atoms with Crippen molar-refractivity contribution in [1.82, 2.24) is 15.2 Å². The smallest absolute Gasteiger partial charge is 0.144 e. The molecule has 0 radical (unpaired) electrons. The standard InChI is InChI=1S/C24H21F2N5O/c1-14-21-22(31-30-14)16-12-15(6-7-24(2)8-10-32-11-9-24)27-13-19(16)28-23(29-21)20-17(25)4-3-5-18(20)26/h3-5,12-13H,8-11H2,1-2H3,(H,28,29)(H,30,31). The van der Waals surface area contributed by atoms with Crippen LogP contribution in [0.1, 0.15) is 36.7 Å². The van der Waals surface area contributed by atoms with Crippen molar-refractivity contribution in [1.29, 1.82) is 0 Å². The number of benzene rings is 1. The summed E-state index contributed by atoms with van der Waals surface area (Å²) in [7, 11) is 0. The van der Waals surface area contributed by atoms with Gasteiger partial charge in [-0.25, -0.2) is 18.8 Å². The van der Waals surface area contributed by atoms with Crippen molar-refractivity contribution in [2.24, 2.45) is 10.4 Å². The van der Waals surface area contributed by atoms with E-state index in [1.165, 1.54) is 18.2 Å². The molecule has 0 atom stereocenters. The zero-order valence-corrected chi connectivity index (χ0v) is 17.7. The highest BCUT2D eigenvalue weighted by Crippen LogP contribution is 2.39. The van der Waals surface area contributed by atoms with Gasteiger partial charge in [-0.05, 0) is 50.8 Å². The number of aromatic nitrogens is 3. The number of fused-ring (bicyclic) bond motifs is 3. The SMILES string of the molecule is Cc1[nH]nc2c1N=C(c1c(F)cccc1F)Nc1cnc(C#CC3(C)CCOCC3)cc1-2. The number of nitrogens with zero attached hydrogens (tertiary/aromatic N) is 3. The van der Waals surface area contributed by atoms with Crippen LogP contribution in [0.5, 0.6) is 0 Å². The number of hydrogen-bond donors (Lipinski definition) is 2. The monoisotopic (exact) mass is 433 g/mol. The Morgan fingerprint density at radius 2 is 1.91 bits per heavy atom. The molecule has 2 aliphatic heterocycles. The minimum Gasteiger partial charge on any atom is -0.381 e. The number of aromatic amines is 1. The number of nitrogens with one attached hydrogen (secondary N) is 2. The van der Waals surface area contributed by atoms with Crippen LogP contribution >= 0.6 is 0 Å². The fraction of sp³-hybridized carbons (Fsp3) is 0.292. The number of aryl methyl sites for hydroxylation is 1. The van der Waals surface area contributed by atoms with Crippen LogP contribution in [0.15, 0.2) is 35.5 Å². The number of halogens is 2. The molecule has 6 nitrogen and oxygen atoms in total. The number of aliphatic imine (C=N–C) groups is 1. The molecule has 2 N–H and O–H groups in total. The number of anilines is 1. The predicted molar refractivity (Wildman–Crippen MR) is 118 cm³/mol. The Morgan fingerprint density at radius 1 is 1.16 bits per heavy atom. The van der Waals surface area contributed by atoms with Gasteiger partial charge in [0.05, 0.1) is 23.1 Å². The first-order valence-electron chi connectivity index (χ1n) is 10.4. The van der Waals surface area contributed by atoms with Gasteiger partial charge in [-0.15, -0.1) is 0 Å². The Bertz CT molecular complexity index is 1280. The van der Waals surface area contributed by atoms with E-state index in [4.69, 9.17) is 4.74 Å². The summed E-state index contributed by atoms with van der Waals surface area (Å²) in [6.07, 6.45) is 3.35. The first-order valence-corrected chi connectivity index (χ1v) is 10.4.